The number of hydrogen-bond donors (Lipinski definition) is 0. The first kappa shape index (κ1) is 15.0. The van der Waals surface area contributed by atoms with Crippen LogP contribution in [0.1, 0.15) is 55.4 Å². The molecule has 0 aromatic carbocycles. The van der Waals surface area contributed by atoms with Gasteiger partial charge in [0.1, 0.15) is 0 Å². The molecule has 0 saturated heterocycles. The first-order valence-electron chi connectivity index (χ1n) is 6.73. The third-order valence-electron chi connectivity index (χ3n) is 3.53. The summed E-state index contributed by atoms with van der Waals surface area (Å²) in [6.07, 6.45) is 6.90. The standard InChI is InChI=1S/C16H29P/c1-12-10-9-11-14(12)13(2)17(15(3,4)5)16(6,7)8/h9-13H,1-8H3/t12?,13-/m1/s1. The fourth-order valence-electron chi connectivity index (χ4n) is 3.43. The fraction of sp³-hybridized carbons (Fsp3) is 0.750. The summed E-state index contributed by atoms with van der Waals surface area (Å²) in [5.41, 5.74) is 2.36. The van der Waals surface area contributed by atoms with Crippen molar-refractivity contribution in [1.29, 1.82) is 0 Å². The molecule has 0 fully saturated rings. The molecule has 0 nitrogen and oxygen atoms in total. The molecule has 1 rings (SSSR count). The van der Waals surface area contributed by atoms with Gasteiger partial charge in [-0.2, -0.15) is 0 Å². The second-order valence-corrected chi connectivity index (χ2v) is 11.4. The van der Waals surface area contributed by atoms with E-state index in [0.717, 1.165) is 5.66 Å². The van der Waals surface area contributed by atoms with Crippen LogP contribution in [0, 0.1) is 5.92 Å². The average molecular weight is 252 g/mol. The predicted molar refractivity (Wildman–Crippen MR) is 82.3 cm³/mol. The summed E-state index contributed by atoms with van der Waals surface area (Å²) in [5.74, 6) is 0.639. The molecular weight excluding hydrogens is 223 g/mol. The zero-order chi connectivity index (χ0) is 13.4. The minimum absolute atomic E-state index is 0.0499. The zero-order valence-electron chi connectivity index (χ0n) is 12.8. The van der Waals surface area contributed by atoms with Crippen LogP contribution in [0.2, 0.25) is 0 Å². The highest BCUT2D eigenvalue weighted by atomic mass is 31.1. The van der Waals surface area contributed by atoms with E-state index in [0.29, 0.717) is 16.2 Å². The highest BCUT2D eigenvalue weighted by Gasteiger charge is 2.39. The molecule has 0 amide bonds. The number of hydrogen-bond acceptors (Lipinski definition) is 0. The summed E-state index contributed by atoms with van der Waals surface area (Å²) < 4.78 is 0. The van der Waals surface area contributed by atoms with Gasteiger partial charge in [0.2, 0.25) is 0 Å². The van der Waals surface area contributed by atoms with Gasteiger partial charge < -0.3 is 0 Å². The molecule has 1 heteroatoms. The molecule has 98 valence electrons. The summed E-state index contributed by atoms with van der Waals surface area (Å²) in [6, 6.07) is 0. The van der Waals surface area contributed by atoms with E-state index in [1.54, 1.807) is 5.57 Å². The van der Waals surface area contributed by atoms with E-state index in [9.17, 15) is 0 Å². The Bertz CT molecular complexity index is 308. The predicted octanol–water partition coefficient (Wildman–Crippen LogP) is 5.59. The van der Waals surface area contributed by atoms with Crippen LogP contribution in [0.3, 0.4) is 0 Å². The van der Waals surface area contributed by atoms with Crippen LogP contribution in [0.25, 0.3) is 0 Å². The quantitative estimate of drug-likeness (QED) is 0.562. The maximum atomic E-state index is 2.44. The maximum absolute atomic E-state index is 2.44. The molecule has 0 bridgehead atoms. The number of allylic oxidation sites excluding steroid dienone is 4. The molecular formula is C16H29P. The van der Waals surface area contributed by atoms with Crippen LogP contribution in [-0.2, 0) is 0 Å². The third-order valence-corrected chi connectivity index (χ3v) is 7.49. The Morgan fingerprint density at radius 3 is 1.82 bits per heavy atom. The van der Waals surface area contributed by atoms with Crippen LogP contribution in [0.4, 0.5) is 0 Å². The Morgan fingerprint density at radius 1 is 1.06 bits per heavy atom. The molecule has 0 spiro atoms. The van der Waals surface area contributed by atoms with Gasteiger partial charge in [-0.3, -0.25) is 0 Å². The molecule has 0 heterocycles. The Balaban J connectivity index is 3.01. The number of rotatable bonds is 2. The van der Waals surface area contributed by atoms with E-state index in [1.165, 1.54) is 0 Å². The Morgan fingerprint density at radius 2 is 1.53 bits per heavy atom. The normalized spacial score (nSPS) is 23.1. The second-order valence-electron chi connectivity index (χ2n) is 7.23. The Hall–Kier alpha value is -0.0900. The molecule has 17 heavy (non-hydrogen) atoms. The summed E-state index contributed by atoms with van der Waals surface area (Å²) >= 11 is 0. The largest absolute Gasteiger partial charge is 0.0885 e. The van der Waals surface area contributed by atoms with Gasteiger partial charge in [0.05, 0.1) is 0 Å². The lowest BCUT2D eigenvalue weighted by atomic mass is 10.0. The van der Waals surface area contributed by atoms with Gasteiger partial charge in [-0.25, -0.2) is 0 Å². The van der Waals surface area contributed by atoms with Gasteiger partial charge in [0.25, 0.3) is 0 Å². The third kappa shape index (κ3) is 3.44. The molecule has 2 atom stereocenters. The van der Waals surface area contributed by atoms with Crippen molar-refractivity contribution in [3.8, 4) is 0 Å². The van der Waals surface area contributed by atoms with Crippen molar-refractivity contribution < 1.29 is 0 Å². The van der Waals surface area contributed by atoms with Gasteiger partial charge in [-0.05, 0) is 21.9 Å². The molecule has 0 saturated carbocycles. The van der Waals surface area contributed by atoms with Gasteiger partial charge in [0, 0.05) is 0 Å². The second kappa shape index (κ2) is 4.88. The van der Waals surface area contributed by atoms with Crippen molar-refractivity contribution in [3.05, 3.63) is 23.8 Å². The molecule has 0 N–H and O–H groups in total. The van der Waals surface area contributed by atoms with Crippen molar-refractivity contribution in [2.24, 2.45) is 5.92 Å². The molecule has 1 aliphatic rings. The lowest BCUT2D eigenvalue weighted by Crippen LogP contribution is -2.31. The molecule has 0 aromatic rings. The van der Waals surface area contributed by atoms with E-state index in [4.69, 9.17) is 0 Å². The monoisotopic (exact) mass is 252 g/mol. The van der Waals surface area contributed by atoms with Gasteiger partial charge in [-0.1, -0.05) is 87.1 Å². The van der Waals surface area contributed by atoms with E-state index in [-0.39, 0.29) is 7.92 Å². The molecule has 0 radical (unpaired) electrons. The fourth-order valence-corrected chi connectivity index (χ4v) is 8.39. The van der Waals surface area contributed by atoms with Crippen LogP contribution in [-0.4, -0.2) is 16.0 Å². The lowest BCUT2D eigenvalue weighted by Gasteiger charge is -2.46. The Kier molecular flexibility index (Phi) is 4.30. The van der Waals surface area contributed by atoms with Crippen molar-refractivity contribution in [1.82, 2.24) is 0 Å². The highest BCUT2D eigenvalue weighted by Crippen LogP contribution is 2.64. The topological polar surface area (TPSA) is 0 Å². The van der Waals surface area contributed by atoms with E-state index >= 15 is 0 Å². The van der Waals surface area contributed by atoms with Crippen LogP contribution >= 0.6 is 7.92 Å². The highest BCUT2D eigenvalue weighted by molar-refractivity contribution is 7.61. The lowest BCUT2D eigenvalue weighted by molar-refractivity contribution is 0.685. The van der Waals surface area contributed by atoms with Crippen molar-refractivity contribution in [3.63, 3.8) is 0 Å². The molecule has 0 aliphatic heterocycles. The summed E-state index contributed by atoms with van der Waals surface area (Å²) in [5, 5.41) is 0.826. The molecule has 1 aliphatic carbocycles. The molecule has 1 unspecified atom stereocenters. The van der Waals surface area contributed by atoms with Crippen LogP contribution in [0.15, 0.2) is 23.8 Å². The summed E-state index contributed by atoms with van der Waals surface area (Å²) in [4.78, 5) is 0. The van der Waals surface area contributed by atoms with Crippen LogP contribution in [0.5, 0.6) is 0 Å². The first-order valence-corrected chi connectivity index (χ1v) is 8.14. The van der Waals surface area contributed by atoms with Crippen molar-refractivity contribution >= 4 is 7.92 Å². The van der Waals surface area contributed by atoms with Crippen molar-refractivity contribution in [2.75, 3.05) is 0 Å². The zero-order valence-corrected chi connectivity index (χ0v) is 13.7. The van der Waals surface area contributed by atoms with E-state index in [2.05, 4.69) is 73.6 Å². The van der Waals surface area contributed by atoms with Crippen molar-refractivity contribution in [2.45, 2.75) is 71.4 Å². The SMILES string of the molecule is CC1C=CC=C1[C@@H](C)P(C(C)(C)C)C(C)(C)C. The van der Waals surface area contributed by atoms with Gasteiger partial charge >= 0.3 is 0 Å². The average Bonchev–Trinajstić information content (AvgIpc) is 2.45. The van der Waals surface area contributed by atoms with Gasteiger partial charge in [-0.15, -0.1) is 0 Å². The Labute approximate surface area is 109 Å². The summed E-state index contributed by atoms with van der Waals surface area (Å²) in [7, 11) is -0.0499. The van der Waals surface area contributed by atoms with E-state index in [1.807, 2.05) is 0 Å². The smallest absolute Gasteiger partial charge is 0.000946 e. The summed E-state index contributed by atoms with van der Waals surface area (Å²) in [6.45, 7) is 19.2. The minimum Gasteiger partial charge on any atom is -0.0885 e. The maximum Gasteiger partial charge on any atom is -0.000946 e. The first-order chi connectivity index (χ1) is 7.55. The van der Waals surface area contributed by atoms with Crippen LogP contribution < -0.4 is 0 Å². The minimum atomic E-state index is -0.0499. The molecule has 0 aromatic heterocycles. The van der Waals surface area contributed by atoms with E-state index < -0.39 is 0 Å². The van der Waals surface area contributed by atoms with Gasteiger partial charge in [0.15, 0.2) is 0 Å².